The topological polar surface area (TPSA) is 21.3 Å². The van der Waals surface area contributed by atoms with Crippen molar-refractivity contribution in [3.8, 4) is 0 Å². The van der Waals surface area contributed by atoms with Gasteiger partial charge < -0.3 is 10.1 Å². The molecule has 0 saturated carbocycles. The van der Waals surface area contributed by atoms with Crippen LogP contribution in [0.1, 0.15) is 38.5 Å². The molecule has 1 N–H and O–H groups in total. The fourth-order valence-corrected chi connectivity index (χ4v) is 1.99. The monoisotopic (exact) mass is 265 g/mol. The van der Waals surface area contributed by atoms with E-state index >= 15 is 0 Å². The summed E-state index contributed by atoms with van der Waals surface area (Å²) in [6.45, 7) is 0.644. The van der Waals surface area contributed by atoms with Crippen molar-refractivity contribution >= 4 is 0 Å². The van der Waals surface area contributed by atoms with Crippen molar-refractivity contribution in [3.63, 3.8) is 0 Å². The molecule has 0 aromatic carbocycles. The first kappa shape index (κ1) is 15.5. The molecule has 1 aliphatic carbocycles. The number of nitrogens with one attached hydrogen (secondary N) is 1. The Morgan fingerprint density at radius 3 is 2.72 bits per heavy atom. The normalized spacial score (nSPS) is 16.7. The maximum absolute atomic E-state index is 11.7. The van der Waals surface area contributed by atoms with Gasteiger partial charge in [-0.05, 0) is 51.6 Å². The van der Waals surface area contributed by atoms with Gasteiger partial charge in [-0.3, -0.25) is 0 Å². The largest absolute Gasteiger partial charge is 0.411 e. The van der Waals surface area contributed by atoms with Crippen LogP contribution in [-0.4, -0.2) is 32.5 Å². The lowest BCUT2D eigenvalue weighted by Crippen LogP contribution is -2.21. The van der Waals surface area contributed by atoms with Gasteiger partial charge in [-0.25, -0.2) is 0 Å². The Morgan fingerprint density at radius 2 is 2.06 bits per heavy atom. The van der Waals surface area contributed by atoms with Gasteiger partial charge >= 0.3 is 6.18 Å². The van der Waals surface area contributed by atoms with Gasteiger partial charge in [0.1, 0.15) is 6.61 Å². The summed E-state index contributed by atoms with van der Waals surface area (Å²) in [7, 11) is 0. The molecular weight excluding hydrogens is 243 g/mol. The van der Waals surface area contributed by atoms with Crippen molar-refractivity contribution in [2.45, 2.75) is 44.7 Å². The minimum atomic E-state index is -4.21. The van der Waals surface area contributed by atoms with Crippen molar-refractivity contribution in [2.75, 3.05) is 26.3 Å². The average molecular weight is 265 g/mol. The van der Waals surface area contributed by atoms with E-state index in [0.717, 1.165) is 13.0 Å². The van der Waals surface area contributed by atoms with Crippen LogP contribution in [0, 0.1) is 0 Å². The summed E-state index contributed by atoms with van der Waals surface area (Å²) >= 11 is 0. The van der Waals surface area contributed by atoms with Gasteiger partial charge in [0.25, 0.3) is 0 Å². The quantitative estimate of drug-likeness (QED) is 0.536. The SMILES string of the molecule is FC(F)(F)COCCCNCCC1=CCCCC1. The summed E-state index contributed by atoms with van der Waals surface area (Å²) in [5.74, 6) is 0. The lowest BCUT2D eigenvalue weighted by atomic mass is 9.97. The number of allylic oxidation sites excluding steroid dienone is 1. The number of halogens is 3. The van der Waals surface area contributed by atoms with Crippen LogP contribution in [0.15, 0.2) is 11.6 Å². The van der Waals surface area contributed by atoms with E-state index in [9.17, 15) is 13.2 Å². The molecule has 1 rings (SSSR count). The Kier molecular flexibility index (Phi) is 7.35. The highest BCUT2D eigenvalue weighted by Crippen LogP contribution is 2.19. The Balaban J connectivity index is 1.85. The molecular formula is C13H22F3NO. The van der Waals surface area contributed by atoms with Gasteiger partial charge in [-0.15, -0.1) is 0 Å². The van der Waals surface area contributed by atoms with E-state index in [4.69, 9.17) is 0 Å². The minimum Gasteiger partial charge on any atom is -0.372 e. The second kappa shape index (κ2) is 8.53. The van der Waals surface area contributed by atoms with Crippen LogP contribution in [0.3, 0.4) is 0 Å². The molecule has 2 nitrogen and oxygen atoms in total. The van der Waals surface area contributed by atoms with E-state index < -0.39 is 12.8 Å². The zero-order valence-electron chi connectivity index (χ0n) is 10.7. The van der Waals surface area contributed by atoms with E-state index in [-0.39, 0.29) is 6.61 Å². The van der Waals surface area contributed by atoms with E-state index in [1.807, 2.05) is 0 Å². The molecule has 0 aromatic rings. The van der Waals surface area contributed by atoms with Crippen LogP contribution in [0.25, 0.3) is 0 Å². The fraction of sp³-hybridized carbons (Fsp3) is 0.846. The maximum atomic E-state index is 11.7. The molecule has 0 aromatic heterocycles. The first-order valence-corrected chi connectivity index (χ1v) is 6.61. The highest BCUT2D eigenvalue weighted by atomic mass is 19.4. The van der Waals surface area contributed by atoms with E-state index in [0.29, 0.717) is 13.0 Å². The van der Waals surface area contributed by atoms with Gasteiger partial charge in [0.05, 0.1) is 0 Å². The summed E-state index contributed by atoms with van der Waals surface area (Å²) in [6.07, 6.45) is 4.78. The summed E-state index contributed by atoms with van der Waals surface area (Å²) in [5.41, 5.74) is 1.52. The second-order valence-electron chi connectivity index (χ2n) is 4.63. The Labute approximate surface area is 107 Å². The van der Waals surface area contributed by atoms with E-state index in [1.54, 1.807) is 0 Å². The van der Waals surface area contributed by atoms with Crippen molar-refractivity contribution in [1.82, 2.24) is 5.32 Å². The smallest absolute Gasteiger partial charge is 0.372 e. The molecule has 0 spiro atoms. The van der Waals surface area contributed by atoms with Gasteiger partial charge in [-0.2, -0.15) is 13.2 Å². The lowest BCUT2D eigenvalue weighted by Gasteiger charge is -2.13. The third-order valence-electron chi connectivity index (χ3n) is 2.92. The highest BCUT2D eigenvalue weighted by molar-refractivity contribution is 5.05. The zero-order chi connectivity index (χ0) is 13.3. The number of rotatable bonds is 8. The fourth-order valence-electron chi connectivity index (χ4n) is 1.99. The molecule has 18 heavy (non-hydrogen) atoms. The van der Waals surface area contributed by atoms with Crippen LogP contribution in [-0.2, 0) is 4.74 Å². The summed E-state index contributed by atoms with van der Waals surface area (Å²) < 4.78 is 39.8. The van der Waals surface area contributed by atoms with Crippen LogP contribution in [0.4, 0.5) is 13.2 Å². The maximum Gasteiger partial charge on any atom is 0.411 e. The van der Waals surface area contributed by atoms with Crippen LogP contribution in [0.2, 0.25) is 0 Å². The third-order valence-corrected chi connectivity index (χ3v) is 2.92. The number of alkyl halides is 3. The highest BCUT2D eigenvalue weighted by Gasteiger charge is 2.27. The predicted molar refractivity (Wildman–Crippen MR) is 65.5 cm³/mol. The summed E-state index contributed by atoms with van der Waals surface area (Å²) in [4.78, 5) is 0. The van der Waals surface area contributed by atoms with Crippen LogP contribution >= 0.6 is 0 Å². The molecule has 0 fully saturated rings. The molecule has 106 valence electrons. The van der Waals surface area contributed by atoms with Gasteiger partial charge in [0, 0.05) is 6.61 Å². The first-order chi connectivity index (χ1) is 8.58. The number of ether oxygens (including phenoxy) is 1. The van der Waals surface area contributed by atoms with Crippen molar-refractivity contribution < 1.29 is 17.9 Å². The second-order valence-corrected chi connectivity index (χ2v) is 4.63. The Bertz CT molecular complexity index is 251. The number of hydrogen-bond acceptors (Lipinski definition) is 2. The van der Waals surface area contributed by atoms with Crippen molar-refractivity contribution in [1.29, 1.82) is 0 Å². The molecule has 0 bridgehead atoms. The van der Waals surface area contributed by atoms with E-state index in [2.05, 4.69) is 16.1 Å². The van der Waals surface area contributed by atoms with Gasteiger partial charge in [0.2, 0.25) is 0 Å². The molecule has 0 unspecified atom stereocenters. The van der Waals surface area contributed by atoms with Crippen molar-refractivity contribution in [2.24, 2.45) is 0 Å². The molecule has 1 aliphatic rings. The number of hydrogen-bond donors (Lipinski definition) is 1. The van der Waals surface area contributed by atoms with E-state index in [1.165, 1.54) is 31.3 Å². The average Bonchev–Trinajstić information content (AvgIpc) is 2.32. The summed E-state index contributed by atoms with van der Waals surface area (Å²) in [5, 5.41) is 3.23. The molecule has 0 radical (unpaired) electrons. The molecule has 0 atom stereocenters. The molecule has 0 amide bonds. The minimum absolute atomic E-state index is 0.162. The molecule has 5 heteroatoms. The Hall–Kier alpha value is -0.550. The Morgan fingerprint density at radius 1 is 1.22 bits per heavy atom. The zero-order valence-corrected chi connectivity index (χ0v) is 10.7. The van der Waals surface area contributed by atoms with Crippen LogP contribution in [0.5, 0.6) is 0 Å². The summed E-state index contributed by atoms with van der Waals surface area (Å²) in [6, 6.07) is 0. The van der Waals surface area contributed by atoms with Crippen molar-refractivity contribution in [3.05, 3.63) is 11.6 Å². The molecule has 0 aliphatic heterocycles. The molecule has 0 heterocycles. The standard InChI is InChI=1S/C13H22F3NO/c14-13(15,16)11-18-10-4-8-17-9-7-12-5-2-1-3-6-12/h5,17H,1-4,6-11H2. The first-order valence-electron chi connectivity index (χ1n) is 6.61. The third kappa shape index (κ3) is 8.53. The van der Waals surface area contributed by atoms with Gasteiger partial charge in [0.15, 0.2) is 0 Å². The molecule has 0 saturated heterocycles. The van der Waals surface area contributed by atoms with Crippen LogP contribution < -0.4 is 5.32 Å². The van der Waals surface area contributed by atoms with Gasteiger partial charge in [-0.1, -0.05) is 11.6 Å². The lowest BCUT2D eigenvalue weighted by molar-refractivity contribution is -0.173. The predicted octanol–water partition coefficient (Wildman–Crippen LogP) is 3.44.